The highest BCUT2D eigenvalue weighted by Gasteiger charge is 2.12. The van der Waals surface area contributed by atoms with Crippen molar-refractivity contribution < 1.29 is 4.79 Å². The molecule has 0 aliphatic heterocycles. The number of urea groups is 1. The Bertz CT molecular complexity index is 345. The van der Waals surface area contributed by atoms with Crippen LogP contribution in [0.1, 0.15) is 103 Å². The van der Waals surface area contributed by atoms with Gasteiger partial charge in [-0.2, -0.15) is 0 Å². The molecule has 0 spiro atoms. The summed E-state index contributed by atoms with van der Waals surface area (Å²) in [5.74, 6) is 0. The fourth-order valence-electron chi connectivity index (χ4n) is 3.85. The van der Waals surface area contributed by atoms with Crippen LogP contribution in [0.4, 0.5) is 4.79 Å². The van der Waals surface area contributed by atoms with E-state index >= 15 is 0 Å². The van der Waals surface area contributed by atoms with Crippen molar-refractivity contribution in [1.29, 1.82) is 0 Å². The molecule has 2 rings (SSSR count). The smallest absolute Gasteiger partial charge is 0.318 e. The lowest BCUT2D eigenvalue weighted by molar-refractivity contribution is 0.237. The van der Waals surface area contributed by atoms with Gasteiger partial charge in [0.2, 0.25) is 0 Å². The zero-order chi connectivity index (χ0) is 16.2. The fraction of sp³-hybridized carbons (Fsp3) is 0.850. The zero-order valence-corrected chi connectivity index (χ0v) is 14.9. The van der Waals surface area contributed by atoms with Crippen molar-refractivity contribution in [2.45, 2.75) is 109 Å². The van der Waals surface area contributed by atoms with Crippen LogP contribution < -0.4 is 10.6 Å². The van der Waals surface area contributed by atoms with E-state index in [1.807, 2.05) is 6.20 Å². The number of hydrogen-bond donors (Lipinski definition) is 2. The van der Waals surface area contributed by atoms with Gasteiger partial charge in [-0.3, -0.25) is 0 Å². The first-order chi connectivity index (χ1) is 11.3. The molecule has 2 aliphatic rings. The van der Waals surface area contributed by atoms with Gasteiger partial charge in [0.1, 0.15) is 0 Å². The number of carbonyl (C=O) groups excluding carboxylic acids is 1. The highest BCUT2D eigenvalue weighted by molar-refractivity contribution is 5.75. The van der Waals surface area contributed by atoms with Gasteiger partial charge < -0.3 is 10.6 Å². The summed E-state index contributed by atoms with van der Waals surface area (Å²) in [4.78, 5) is 12.2. The first kappa shape index (κ1) is 18.4. The van der Waals surface area contributed by atoms with E-state index in [9.17, 15) is 4.79 Å². The molecule has 132 valence electrons. The van der Waals surface area contributed by atoms with Gasteiger partial charge >= 0.3 is 6.03 Å². The monoisotopic (exact) mass is 320 g/mol. The third kappa shape index (κ3) is 8.43. The largest absolute Gasteiger partial charge is 0.335 e. The normalized spacial score (nSPS) is 22.5. The summed E-state index contributed by atoms with van der Waals surface area (Å²) in [5, 5.41) is 6.19. The third-order valence-electron chi connectivity index (χ3n) is 5.34. The van der Waals surface area contributed by atoms with E-state index < -0.39 is 0 Å². The van der Waals surface area contributed by atoms with E-state index in [-0.39, 0.29) is 6.03 Å². The van der Waals surface area contributed by atoms with Crippen molar-refractivity contribution in [3.63, 3.8) is 0 Å². The van der Waals surface area contributed by atoms with Crippen molar-refractivity contribution in [1.82, 2.24) is 10.6 Å². The van der Waals surface area contributed by atoms with Crippen molar-refractivity contribution >= 4 is 6.03 Å². The lowest BCUT2D eigenvalue weighted by Gasteiger charge is -2.20. The second-order valence-corrected chi connectivity index (χ2v) is 7.44. The van der Waals surface area contributed by atoms with Gasteiger partial charge in [0.25, 0.3) is 0 Å². The van der Waals surface area contributed by atoms with Crippen molar-refractivity contribution in [3.8, 4) is 0 Å². The maximum atomic E-state index is 12.2. The van der Waals surface area contributed by atoms with E-state index in [0.717, 1.165) is 25.7 Å². The topological polar surface area (TPSA) is 41.1 Å². The van der Waals surface area contributed by atoms with Gasteiger partial charge in [0.05, 0.1) is 0 Å². The number of carbonyl (C=O) groups is 1. The van der Waals surface area contributed by atoms with Crippen LogP contribution in [0.15, 0.2) is 11.8 Å². The Balaban J connectivity index is 1.71. The number of amides is 2. The first-order valence-corrected chi connectivity index (χ1v) is 10.1. The number of rotatable bonds is 2. The van der Waals surface area contributed by atoms with Gasteiger partial charge in [0, 0.05) is 12.2 Å². The number of allylic oxidation sites excluding steroid dienone is 1. The van der Waals surface area contributed by atoms with Gasteiger partial charge in [-0.25, -0.2) is 4.79 Å². The molecule has 2 aliphatic carbocycles. The Kier molecular flexibility index (Phi) is 9.20. The number of nitrogens with one attached hydrogen (secondary N) is 2. The lowest BCUT2D eigenvalue weighted by Crippen LogP contribution is -2.40. The minimum Gasteiger partial charge on any atom is -0.335 e. The zero-order valence-electron chi connectivity index (χ0n) is 14.9. The lowest BCUT2D eigenvalue weighted by atomic mass is 9.96. The summed E-state index contributed by atoms with van der Waals surface area (Å²) in [6.45, 7) is 0. The van der Waals surface area contributed by atoms with E-state index in [1.54, 1.807) is 0 Å². The predicted octanol–water partition coefficient (Wildman–Crippen LogP) is 5.81. The molecule has 23 heavy (non-hydrogen) atoms. The van der Waals surface area contributed by atoms with Crippen molar-refractivity contribution in [2.75, 3.05) is 0 Å². The average Bonchev–Trinajstić information content (AvgIpc) is 2.56. The van der Waals surface area contributed by atoms with Crippen LogP contribution in [0.3, 0.4) is 0 Å². The molecule has 0 bridgehead atoms. The Morgan fingerprint density at radius 2 is 1.22 bits per heavy atom. The van der Waals surface area contributed by atoms with E-state index in [0.29, 0.717) is 6.04 Å². The molecule has 3 nitrogen and oxygen atoms in total. The summed E-state index contributed by atoms with van der Waals surface area (Å²) in [6.07, 6.45) is 22.5. The Morgan fingerprint density at radius 1 is 0.739 bits per heavy atom. The maximum Gasteiger partial charge on any atom is 0.318 e. The maximum absolute atomic E-state index is 12.2. The molecule has 0 aromatic heterocycles. The fourth-order valence-corrected chi connectivity index (χ4v) is 3.85. The standard InChI is InChI=1S/C20H36N2O/c23-20(21-17-18-13-9-8-10-14-18)22-19-15-11-6-4-2-1-3-5-7-12-16-19/h17,19H,1-16H2,(H2,21,22,23). The van der Waals surface area contributed by atoms with Crippen LogP contribution in [-0.2, 0) is 0 Å². The van der Waals surface area contributed by atoms with Gasteiger partial charge in [0.15, 0.2) is 0 Å². The van der Waals surface area contributed by atoms with Gasteiger partial charge in [-0.05, 0) is 38.5 Å². The summed E-state index contributed by atoms with van der Waals surface area (Å²) in [5.41, 5.74) is 1.41. The molecule has 0 unspecified atom stereocenters. The third-order valence-corrected chi connectivity index (χ3v) is 5.34. The van der Waals surface area contributed by atoms with Gasteiger partial charge in [-0.1, -0.05) is 69.8 Å². The highest BCUT2D eigenvalue weighted by Crippen LogP contribution is 2.22. The SMILES string of the molecule is O=C(NC=C1CCCCC1)NC1CCCCCCCCCCC1. The number of hydrogen-bond acceptors (Lipinski definition) is 1. The molecular weight excluding hydrogens is 284 g/mol. The van der Waals surface area contributed by atoms with E-state index in [1.165, 1.54) is 82.6 Å². The summed E-state index contributed by atoms with van der Waals surface area (Å²) < 4.78 is 0. The van der Waals surface area contributed by atoms with E-state index in [4.69, 9.17) is 0 Å². The molecule has 2 fully saturated rings. The van der Waals surface area contributed by atoms with Crippen LogP contribution in [-0.4, -0.2) is 12.1 Å². The van der Waals surface area contributed by atoms with E-state index in [2.05, 4.69) is 10.6 Å². The van der Waals surface area contributed by atoms with Crippen LogP contribution in [0.5, 0.6) is 0 Å². The predicted molar refractivity (Wildman–Crippen MR) is 97.4 cm³/mol. The second kappa shape index (κ2) is 11.5. The molecule has 3 heteroatoms. The molecule has 2 amide bonds. The van der Waals surface area contributed by atoms with Crippen LogP contribution in [0, 0.1) is 0 Å². The van der Waals surface area contributed by atoms with Crippen molar-refractivity contribution in [2.24, 2.45) is 0 Å². The molecular formula is C20H36N2O. The highest BCUT2D eigenvalue weighted by atomic mass is 16.2. The Hall–Kier alpha value is -0.990. The molecule has 0 saturated heterocycles. The molecule has 0 atom stereocenters. The Morgan fingerprint density at radius 3 is 1.78 bits per heavy atom. The molecule has 0 radical (unpaired) electrons. The molecule has 2 saturated carbocycles. The van der Waals surface area contributed by atoms with Crippen LogP contribution in [0.2, 0.25) is 0 Å². The van der Waals surface area contributed by atoms with Crippen molar-refractivity contribution in [3.05, 3.63) is 11.8 Å². The summed E-state index contributed by atoms with van der Waals surface area (Å²) >= 11 is 0. The summed E-state index contributed by atoms with van der Waals surface area (Å²) in [7, 11) is 0. The minimum absolute atomic E-state index is 0.000155. The second-order valence-electron chi connectivity index (χ2n) is 7.44. The quantitative estimate of drug-likeness (QED) is 0.662. The van der Waals surface area contributed by atoms with Gasteiger partial charge in [-0.15, -0.1) is 0 Å². The first-order valence-electron chi connectivity index (χ1n) is 10.1. The minimum atomic E-state index is 0.000155. The molecule has 0 heterocycles. The summed E-state index contributed by atoms with van der Waals surface area (Å²) in [6, 6.07) is 0.361. The molecule has 0 aromatic rings. The van der Waals surface area contributed by atoms with Crippen LogP contribution >= 0.6 is 0 Å². The Labute approximate surface area is 142 Å². The molecule has 2 N–H and O–H groups in total. The molecule has 0 aromatic carbocycles. The average molecular weight is 321 g/mol. The van der Waals surface area contributed by atoms with Crippen LogP contribution in [0.25, 0.3) is 0 Å².